The Morgan fingerprint density at radius 3 is 2.54 bits per heavy atom. The molecule has 0 aliphatic rings. The Morgan fingerprint density at radius 2 is 1.92 bits per heavy atom. The van der Waals surface area contributed by atoms with Crippen molar-refractivity contribution in [3.63, 3.8) is 0 Å². The standard InChI is InChI=1S/C18H20N2O6/c1-25-11-3-10-20-17(23)15(16(22)19-18(20)24)14(21)9-6-12-4-7-13(26-2)8-5-12/h4-9,23H,3,10-11H2,1-2H3,(H,19,22,24). The zero-order chi connectivity index (χ0) is 19.1. The summed E-state index contributed by atoms with van der Waals surface area (Å²) in [6.45, 7) is 0.476. The smallest absolute Gasteiger partial charge is 0.331 e. The molecule has 0 aliphatic carbocycles. The molecule has 0 radical (unpaired) electrons. The summed E-state index contributed by atoms with van der Waals surface area (Å²) in [6.07, 6.45) is 3.10. The number of H-pyrrole nitrogens is 1. The summed E-state index contributed by atoms with van der Waals surface area (Å²) in [5, 5.41) is 10.2. The van der Waals surface area contributed by atoms with E-state index in [1.807, 2.05) is 4.98 Å². The summed E-state index contributed by atoms with van der Waals surface area (Å²) < 4.78 is 10.9. The van der Waals surface area contributed by atoms with E-state index < -0.39 is 28.5 Å². The molecular weight excluding hydrogens is 340 g/mol. The minimum atomic E-state index is -0.931. The molecular formula is C18H20N2O6. The first-order valence-electron chi connectivity index (χ1n) is 7.89. The van der Waals surface area contributed by atoms with E-state index in [4.69, 9.17) is 9.47 Å². The SMILES string of the molecule is COCCCn1c(O)c(C(=O)C=Cc2ccc(OC)cc2)c(=O)[nH]c1=O. The molecule has 2 N–H and O–H groups in total. The molecule has 1 heterocycles. The van der Waals surface area contributed by atoms with Gasteiger partial charge in [-0.3, -0.25) is 19.1 Å². The van der Waals surface area contributed by atoms with Gasteiger partial charge in [-0.15, -0.1) is 0 Å². The lowest BCUT2D eigenvalue weighted by molar-refractivity contribution is 0.104. The van der Waals surface area contributed by atoms with E-state index in [0.717, 1.165) is 10.6 Å². The number of benzene rings is 1. The zero-order valence-corrected chi connectivity index (χ0v) is 14.5. The average molecular weight is 360 g/mol. The van der Waals surface area contributed by atoms with Crippen LogP contribution in [0.25, 0.3) is 6.08 Å². The number of hydrogen-bond donors (Lipinski definition) is 2. The molecule has 0 saturated heterocycles. The molecule has 0 atom stereocenters. The molecule has 0 fully saturated rings. The van der Waals surface area contributed by atoms with Gasteiger partial charge in [0.15, 0.2) is 5.78 Å². The number of ether oxygens (including phenoxy) is 2. The normalized spacial score (nSPS) is 11.0. The minimum absolute atomic E-state index is 0.109. The Balaban J connectivity index is 2.29. The largest absolute Gasteiger partial charge is 0.497 e. The van der Waals surface area contributed by atoms with Crippen LogP contribution in [-0.4, -0.2) is 41.3 Å². The van der Waals surface area contributed by atoms with Gasteiger partial charge in [-0.25, -0.2) is 4.79 Å². The van der Waals surface area contributed by atoms with E-state index in [1.165, 1.54) is 13.2 Å². The Kier molecular flexibility index (Phi) is 6.51. The van der Waals surface area contributed by atoms with Crippen LogP contribution in [0.1, 0.15) is 22.3 Å². The quantitative estimate of drug-likeness (QED) is 0.415. The molecule has 8 nitrogen and oxygen atoms in total. The second-order valence-electron chi connectivity index (χ2n) is 5.43. The lowest BCUT2D eigenvalue weighted by atomic mass is 10.1. The highest BCUT2D eigenvalue weighted by Gasteiger charge is 2.19. The molecule has 0 amide bonds. The predicted octanol–water partition coefficient (Wildman–Crippen LogP) is 1.18. The maximum absolute atomic E-state index is 12.3. The predicted molar refractivity (Wildman–Crippen MR) is 95.8 cm³/mol. The van der Waals surface area contributed by atoms with Gasteiger partial charge < -0.3 is 14.6 Å². The van der Waals surface area contributed by atoms with Crippen molar-refractivity contribution in [3.8, 4) is 11.6 Å². The Morgan fingerprint density at radius 1 is 1.23 bits per heavy atom. The van der Waals surface area contributed by atoms with E-state index in [0.29, 0.717) is 24.3 Å². The van der Waals surface area contributed by atoms with Crippen molar-refractivity contribution in [3.05, 3.63) is 62.3 Å². The second-order valence-corrected chi connectivity index (χ2v) is 5.43. The van der Waals surface area contributed by atoms with E-state index in [1.54, 1.807) is 31.4 Å². The first kappa shape index (κ1) is 19.2. The Bertz CT molecular complexity index is 909. The molecule has 1 aromatic carbocycles. The molecule has 26 heavy (non-hydrogen) atoms. The number of hydrogen-bond acceptors (Lipinski definition) is 6. The summed E-state index contributed by atoms with van der Waals surface area (Å²) in [6, 6.07) is 6.92. The molecule has 0 aliphatic heterocycles. The number of carbonyl (C=O) groups excluding carboxylic acids is 1. The third-order valence-electron chi connectivity index (χ3n) is 3.69. The summed E-state index contributed by atoms with van der Waals surface area (Å²) in [5.41, 5.74) is -1.48. The molecule has 8 heteroatoms. The lowest BCUT2D eigenvalue weighted by Gasteiger charge is -2.09. The number of aromatic hydroxyl groups is 1. The van der Waals surface area contributed by atoms with Gasteiger partial charge in [0, 0.05) is 20.3 Å². The van der Waals surface area contributed by atoms with Crippen molar-refractivity contribution >= 4 is 11.9 Å². The lowest BCUT2D eigenvalue weighted by Crippen LogP contribution is -2.33. The van der Waals surface area contributed by atoms with Crippen molar-refractivity contribution in [2.45, 2.75) is 13.0 Å². The molecule has 0 saturated carbocycles. The Hall–Kier alpha value is -3.13. The number of allylic oxidation sites excluding steroid dienone is 1. The highest BCUT2D eigenvalue weighted by molar-refractivity contribution is 6.08. The van der Waals surface area contributed by atoms with E-state index in [2.05, 4.69) is 0 Å². The third-order valence-corrected chi connectivity index (χ3v) is 3.69. The van der Waals surface area contributed by atoms with E-state index in [9.17, 15) is 19.5 Å². The number of nitrogens with one attached hydrogen (secondary N) is 1. The summed E-state index contributed by atoms with van der Waals surface area (Å²) in [7, 11) is 3.05. The number of nitrogens with zero attached hydrogens (tertiary/aromatic N) is 1. The van der Waals surface area contributed by atoms with Crippen LogP contribution in [0.2, 0.25) is 0 Å². The van der Waals surface area contributed by atoms with Crippen LogP contribution in [0.15, 0.2) is 39.9 Å². The van der Waals surface area contributed by atoms with E-state index >= 15 is 0 Å². The summed E-state index contributed by atoms with van der Waals surface area (Å²) >= 11 is 0. The number of methoxy groups -OCH3 is 2. The Labute approximate surface area is 149 Å². The van der Waals surface area contributed by atoms with Gasteiger partial charge in [-0.2, -0.15) is 0 Å². The maximum atomic E-state index is 12.3. The van der Waals surface area contributed by atoms with Crippen LogP contribution in [0, 0.1) is 0 Å². The monoisotopic (exact) mass is 360 g/mol. The van der Waals surface area contributed by atoms with Crippen LogP contribution in [0.3, 0.4) is 0 Å². The first-order chi connectivity index (χ1) is 12.5. The summed E-state index contributed by atoms with van der Waals surface area (Å²) in [4.78, 5) is 38.2. The molecule has 0 bridgehead atoms. The fraction of sp³-hybridized carbons (Fsp3) is 0.278. The number of aromatic amines is 1. The summed E-state index contributed by atoms with van der Waals surface area (Å²) in [5.74, 6) is -0.690. The fourth-order valence-electron chi connectivity index (χ4n) is 2.33. The zero-order valence-electron chi connectivity index (χ0n) is 14.5. The van der Waals surface area contributed by atoms with Crippen molar-refractivity contribution in [1.29, 1.82) is 0 Å². The van der Waals surface area contributed by atoms with Gasteiger partial charge in [-0.1, -0.05) is 18.2 Å². The molecule has 0 unspecified atom stereocenters. The molecule has 2 rings (SSSR count). The van der Waals surface area contributed by atoms with Crippen LogP contribution >= 0.6 is 0 Å². The molecule has 2 aromatic rings. The first-order valence-corrected chi connectivity index (χ1v) is 7.89. The minimum Gasteiger partial charge on any atom is -0.497 e. The van der Waals surface area contributed by atoms with Gasteiger partial charge in [0.2, 0.25) is 5.88 Å². The third kappa shape index (κ3) is 4.48. The highest BCUT2D eigenvalue weighted by atomic mass is 16.5. The number of aromatic nitrogens is 2. The van der Waals surface area contributed by atoms with Crippen LogP contribution in [0.4, 0.5) is 0 Å². The van der Waals surface area contributed by atoms with Gasteiger partial charge in [0.05, 0.1) is 7.11 Å². The van der Waals surface area contributed by atoms with Crippen LogP contribution < -0.4 is 16.0 Å². The van der Waals surface area contributed by atoms with Gasteiger partial charge in [-0.05, 0) is 30.2 Å². The van der Waals surface area contributed by atoms with Crippen LogP contribution in [-0.2, 0) is 11.3 Å². The fourth-order valence-corrected chi connectivity index (χ4v) is 2.33. The van der Waals surface area contributed by atoms with Gasteiger partial charge in [0.1, 0.15) is 11.3 Å². The maximum Gasteiger partial charge on any atom is 0.331 e. The number of ketones is 1. The topological polar surface area (TPSA) is 111 Å². The van der Waals surface area contributed by atoms with Crippen molar-refractivity contribution in [2.24, 2.45) is 0 Å². The molecule has 1 aromatic heterocycles. The average Bonchev–Trinajstić information content (AvgIpc) is 2.63. The van der Waals surface area contributed by atoms with Gasteiger partial charge in [0.25, 0.3) is 5.56 Å². The highest BCUT2D eigenvalue weighted by Crippen LogP contribution is 2.15. The van der Waals surface area contributed by atoms with Crippen molar-refractivity contribution in [1.82, 2.24) is 9.55 Å². The van der Waals surface area contributed by atoms with Crippen molar-refractivity contribution < 1.29 is 19.4 Å². The van der Waals surface area contributed by atoms with Gasteiger partial charge >= 0.3 is 5.69 Å². The second kappa shape index (κ2) is 8.82. The number of rotatable bonds is 8. The number of carbonyl (C=O) groups is 1. The van der Waals surface area contributed by atoms with E-state index in [-0.39, 0.29) is 6.54 Å². The van der Waals surface area contributed by atoms with Crippen LogP contribution in [0.5, 0.6) is 11.6 Å². The molecule has 0 spiro atoms. The molecule has 138 valence electrons. The van der Waals surface area contributed by atoms with Crippen molar-refractivity contribution in [2.75, 3.05) is 20.8 Å².